The second kappa shape index (κ2) is 13.5. The fourth-order valence-electron chi connectivity index (χ4n) is 8.63. The molecule has 1 aliphatic rings. The van der Waals surface area contributed by atoms with Crippen LogP contribution in [0.3, 0.4) is 0 Å². The molecular formula is C48H54O4. The van der Waals surface area contributed by atoms with E-state index in [0.29, 0.717) is 23.0 Å². The summed E-state index contributed by atoms with van der Waals surface area (Å²) in [5.74, 6) is 1.27. The van der Waals surface area contributed by atoms with Crippen LogP contribution in [-0.2, 0) is 6.42 Å². The average Bonchev–Trinajstić information content (AvgIpc) is 3.13. The molecule has 0 saturated heterocycles. The highest BCUT2D eigenvalue weighted by atomic mass is 16.3. The van der Waals surface area contributed by atoms with Gasteiger partial charge in [-0.3, -0.25) is 0 Å². The predicted molar refractivity (Wildman–Crippen MR) is 215 cm³/mol. The highest BCUT2D eigenvalue weighted by Crippen LogP contribution is 2.47. The fourth-order valence-corrected chi connectivity index (χ4v) is 8.63. The molecule has 0 heterocycles. The number of phenolic OH excluding ortho intramolecular Hbond substituents is 4. The second-order valence-electron chi connectivity index (χ2n) is 15.6. The molecule has 0 aromatic heterocycles. The summed E-state index contributed by atoms with van der Waals surface area (Å²) in [5, 5.41) is 43.5. The average molecular weight is 695 g/mol. The Morgan fingerprint density at radius 3 is 1.12 bits per heavy atom. The summed E-state index contributed by atoms with van der Waals surface area (Å²) in [6.45, 7) is 24.3. The van der Waals surface area contributed by atoms with Gasteiger partial charge in [-0.05, 0) is 202 Å². The number of hydrogen-bond acceptors (Lipinski definition) is 4. The summed E-state index contributed by atoms with van der Waals surface area (Å²) >= 11 is 0. The number of phenols is 4. The van der Waals surface area contributed by atoms with E-state index in [9.17, 15) is 20.4 Å². The molecular weight excluding hydrogens is 641 g/mol. The third-order valence-corrected chi connectivity index (χ3v) is 12.5. The van der Waals surface area contributed by atoms with Crippen molar-refractivity contribution in [3.05, 3.63) is 154 Å². The third kappa shape index (κ3) is 5.96. The molecule has 52 heavy (non-hydrogen) atoms. The largest absolute Gasteiger partial charge is 0.507 e. The molecule has 0 radical (unpaired) electrons. The van der Waals surface area contributed by atoms with Crippen molar-refractivity contribution >= 4 is 6.08 Å². The molecule has 4 N–H and O–H groups in total. The molecule has 0 spiro atoms. The van der Waals surface area contributed by atoms with E-state index < -0.39 is 0 Å². The van der Waals surface area contributed by atoms with Crippen molar-refractivity contribution in [2.45, 2.75) is 108 Å². The molecule has 6 rings (SSSR count). The van der Waals surface area contributed by atoms with Gasteiger partial charge in [-0.25, -0.2) is 0 Å². The summed E-state index contributed by atoms with van der Waals surface area (Å²) in [6, 6.07) is 15.5. The van der Waals surface area contributed by atoms with Gasteiger partial charge in [0.15, 0.2) is 0 Å². The predicted octanol–water partition coefficient (Wildman–Crippen LogP) is 11.6. The van der Waals surface area contributed by atoms with Gasteiger partial charge < -0.3 is 20.4 Å². The lowest BCUT2D eigenvalue weighted by Crippen LogP contribution is -2.15. The molecule has 0 atom stereocenters. The van der Waals surface area contributed by atoms with Gasteiger partial charge in [0.05, 0.1) is 0 Å². The second-order valence-corrected chi connectivity index (χ2v) is 15.6. The number of rotatable bonds is 6. The van der Waals surface area contributed by atoms with Crippen LogP contribution in [0.1, 0.15) is 124 Å². The minimum atomic E-state index is -0.0874. The number of allylic oxidation sites excluding steroid dienone is 1. The van der Waals surface area contributed by atoms with Crippen molar-refractivity contribution < 1.29 is 20.4 Å². The number of fused-ring (bicyclic) bond motifs is 1. The molecule has 0 saturated carbocycles. The normalized spacial score (nSPS) is 12.8. The highest BCUT2D eigenvalue weighted by Gasteiger charge is 2.30. The molecule has 4 nitrogen and oxygen atoms in total. The van der Waals surface area contributed by atoms with Gasteiger partial charge in [0.1, 0.15) is 23.0 Å². The zero-order valence-corrected chi connectivity index (χ0v) is 33.0. The minimum absolute atomic E-state index is 0.0345. The molecule has 1 aliphatic carbocycles. The molecule has 5 aromatic carbocycles. The van der Waals surface area contributed by atoms with Gasteiger partial charge in [0.2, 0.25) is 0 Å². The van der Waals surface area contributed by atoms with Crippen LogP contribution in [0, 0.1) is 83.1 Å². The molecule has 5 aromatic rings. The monoisotopic (exact) mass is 694 g/mol. The van der Waals surface area contributed by atoms with Crippen LogP contribution in [0.15, 0.2) is 48.0 Å². The minimum Gasteiger partial charge on any atom is -0.507 e. The van der Waals surface area contributed by atoms with E-state index in [1.54, 1.807) is 0 Å². The molecule has 0 amide bonds. The van der Waals surface area contributed by atoms with Gasteiger partial charge >= 0.3 is 0 Å². The van der Waals surface area contributed by atoms with Crippen molar-refractivity contribution in [3.63, 3.8) is 0 Å². The van der Waals surface area contributed by atoms with Crippen molar-refractivity contribution in [1.29, 1.82) is 0 Å². The summed E-state index contributed by atoms with van der Waals surface area (Å²) in [7, 11) is 0. The molecule has 0 unspecified atom stereocenters. The van der Waals surface area contributed by atoms with Crippen molar-refractivity contribution in [3.8, 4) is 23.0 Å². The van der Waals surface area contributed by atoms with Crippen molar-refractivity contribution in [2.75, 3.05) is 0 Å². The zero-order chi connectivity index (χ0) is 38.1. The topological polar surface area (TPSA) is 80.9 Å². The first-order chi connectivity index (χ1) is 24.4. The Morgan fingerprint density at radius 1 is 0.404 bits per heavy atom. The third-order valence-electron chi connectivity index (χ3n) is 12.5. The van der Waals surface area contributed by atoms with E-state index in [-0.39, 0.29) is 11.8 Å². The van der Waals surface area contributed by atoms with E-state index in [0.717, 1.165) is 90.7 Å². The number of aromatic hydroxyl groups is 4. The standard InChI is InChI=1S/C48H54O4/c1-23-17-39(27(5)31(9)45(23)49)43(40-18-24(2)46(50)32(10)28(40)6)37-15-13-36-22-38(16-14-35(36)21-37)44(41-19-25(3)47(51)33(11)29(41)7)42-20-26(4)48(52)34(12)30(42)8/h13,15,17-22,43-44,49-52H,14,16H2,1-12H3. The van der Waals surface area contributed by atoms with Crippen LogP contribution >= 0.6 is 0 Å². The molecule has 0 bridgehead atoms. The number of hydrogen-bond donors (Lipinski definition) is 4. The van der Waals surface area contributed by atoms with Crippen LogP contribution in [0.4, 0.5) is 0 Å². The maximum absolute atomic E-state index is 10.9. The summed E-state index contributed by atoms with van der Waals surface area (Å²) < 4.78 is 0. The van der Waals surface area contributed by atoms with Crippen LogP contribution < -0.4 is 0 Å². The lowest BCUT2D eigenvalue weighted by Gasteiger charge is -2.31. The SMILES string of the molecule is Cc1cc(C(C2=Cc3ccc(C(c4cc(C)c(O)c(C)c4C)c4cc(C)c(O)c(C)c4C)cc3CC2)c2cc(C)c(O)c(C)c2C)c(C)c(C)c1O. The van der Waals surface area contributed by atoms with Crippen molar-refractivity contribution in [2.24, 2.45) is 0 Å². The Morgan fingerprint density at radius 2 is 0.750 bits per heavy atom. The van der Waals surface area contributed by atoms with E-state index in [4.69, 9.17) is 0 Å². The molecule has 0 aliphatic heterocycles. The van der Waals surface area contributed by atoms with Crippen LogP contribution in [0.5, 0.6) is 23.0 Å². The lowest BCUT2D eigenvalue weighted by atomic mass is 9.73. The Balaban J connectivity index is 1.56. The maximum Gasteiger partial charge on any atom is 0.121 e. The van der Waals surface area contributed by atoms with Crippen molar-refractivity contribution in [1.82, 2.24) is 0 Å². The summed E-state index contributed by atoms with van der Waals surface area (Å²) in [6.07, 6.45) is 4.12. The smallest absolute Gasteiger partial charge is 0.121 e. The van der Waals surface area contributed by atoms with Gasteiger partial charge in [0, 0.05) is 11.8 Å². The maximum atomic E-state index is 10.9. The lowest BCUT2D eigenvalue weighted by molar-refractivity contribution is 0.465. The van der Waals surface area contributed by atoms with Gasteiger partial charge in [-0.2, -0.15) is 0 Å². The fraction of sp³-hybridized carbons (Fsp3) is 0.333. The Bertz CT molecular complexity index is 2190. The first kappa shape index (κ1) is 36.8. The van der Waals surface area contributed by atoms with Gasteiger partial charge in [0.25, 0.3) is 0 Å². The van der Waals surface area contributed by atoms with Crippen LogP contribution in [0.25, 0.3) is 6.08 Å². The molecule has 0 fully saturated rings. The summed E-state index contributed by atoms with van der Waals surface area (Å²) in [5.41, 5.74) is 21.1. The van der Waals surface area contributed by atoms with Gasteiger partial charge in [-0.15, -0.1) is 0 Å². The number of aryl methyl sites for hydroxylation is 5. The van der Waals surface area contributed by atoms with E-state index in [1.165, 1.54) is 33.4 Å². The van der Waals surface area contributed by atoms with Crippen LogP contribution in [0.2, 0.25) is 0 Å². The molecule has 4 heteroatoms. The quantitative estimate of drug-likeness (QED) is 0.133. The molecule has 270 valence electrons. The first-order valence-electron chi connectivity index (χ1n) is 18.5. The van der Waals surface area contributed by atoms with Gasteiger partial charge in [-0.1, -0.05) is 54.1 Å². The Hall–Kier alpha value is -4.96. The summed E-state index contributed by atoms with van der Waals surface area (Å²) in [4.78, 5) is 0. The highest BCUT2D eigenvalue weighted by molar-refractivity contribution is 5.68. The van der Waals surface area contributed by atoms with E-state index >= 15 is 0 Å². The van der Waals surface area contributed by atoms with E-state index in [1.807, 2.05) is 55.4 Å². The Kier molecular flexibility index (Phi) is 9.59. The van der Waals surface area contributed by atoms with E-state index in [2.05, 4.69) is 76.2 Å². The van der Waals surface area contributed by atoms with Crippen LogP contribution in [-0.4, -0.2) is 20.4 Å². The Labute approximate surface area is 310 Å². The number of benzene rings is 5. The zero-order valence-electron chi connectivity index (χ0n) is 33.0. The first-order valence-corrected chi connectivity index (χ1v) is 18.5.